The first-order chi connectivity index (χ1) is 12.6. The number of H-pyrrole nitrogens is 1. The normalized spacial score (nSPS) is 15.3. The van der Waals surface area contributed by atoms with Gasteiger partial charge in [-0.1, -0.05) is 12.1 Å². The van der Waals surface area contributed by atoms with E-state index in [1.165, 1.54) is 4.68 Å². The molecule has 2 aromatic rings. The molecule has 0 bridgehead atoms. The van der Waals surface area contributed by atoms with Gasteiger partial charge < -0.3 is 15.0 Å². The summed E-state index contributed by atoms with van der Waals surface area (Å²) in [4.78, 5) is 37.9. The van der Waals surface area contributed by atoms with Gasteiger partial charge in [0.05, 0.1) is 23.9 Å². The number of amides is 1. The van der Waals surface area contributed by atoms with Crippen LogP contribution in [0.25, 0.3) is 10.8 Å². The van der Waals surface area contributed by atoms with E-state index in [-0.39, 0.29) is 23.3 Å². The lowest BCUT2D eigenvalue weighted by molar-refractivity contribution is 0.0950. The Morgan fingerprint density at radius 1 is 1.23 bits per heavy atom. The van der Waals surface area contributed by atoms with Gasteiger partial charge in [-0.15, -0.1) is 0 Å². The maximum Gasteiger partial charge on any atom is 0.409 e. The molecule has 1 aromatic heterocycles. The van der Waals surface area contributed by atoms with E-state index >= 15 is 0 Å². The molecule has 3 rings (SSSR count). The lowest BCUT2D eigenvalue weighted by Gasteiger charge is -2.31. The van der Waals surface area contributed by atoms with E-state index in [1.54, 1.807) is 36.1 Å². The molecule has 1 aromatic carbocycles. The number of fused-ring (bicyclic) bond motifs is 1. The number of rotatable bonds is 5. The summed E-state index contributed by atoms with van der Waals surface area (Å²) in [6.07, 6.45) is 1.41. The Morgan fingerprint density at radius 3 is 2.62 bits per heavy atom. The highest BCUT2D eigenvalue weighted by molar-refractivity contribution is 5.80. The summed E-state index contributed by atoms with van der Waals surface area (Å²) in [7, 11) is 0. The Kier molecular flexibility index (Phi) is 5.72. The molecule has 1 saturated heterocycles. The van der Waals surface area contributed by atoms with Crippen molar-refractivity contribution < 1.29 is 9.53 Å². The summed E-state index contributed by atoms with van der Waals surface area (Å²) in [5.74, 6) is 0. The van der Waals surface area contributed by atoms with E-state index in [2.05, 4.69) is 10.4 Å². The Bertz CT molecular complexity index is 881. The molecule has 8 heteroatoms. The lowest BCUT2D eigenvalue weighted by atomic mass is 10.1. The number of carbonyl (C=O) groups excluding carboxylic acids is 1. The zero-order valence-corrected chi connectivity index (χ0v) is 14.9. The van der Waals surface area contributed by atoms with E-state index in [9.17, 15) is 14.4 Å². The van der Waals surface area contributed by atoms with Crippen LogP contribution in [0.5, 0.6) is 0 Å². The monoisotopic (exact) mass is 360 g/mol. The molecule has 0 spiro atoms. The Morgan fingerprint density at radius 2 is 1.92 bits per heavy atom. The Labute approximate surface area is 150 Å². The van der Waals surface area contributed by atoms with Crippen LogP contribution in [0.15, 0.2) is 33.9 Å². The molecule has 1 aliphatic rings. The number of nitrogens with one attached hydrogen (secondary N) is 2. The van der Waals surface area contributed by atoms with Crippen molar-refractivity contribution in [2.45, 2.75) is 32.4 Å². The van der Waals surface area contributed by atoms with Crippen LogP contribution in [0.2, 0.25) is 0 Å². The van der Waals surface area contributed by atoms with Crippen molar-refractivity contribution in [2.75, 3.05) is 26.2 Å². The summed E-state index contributed by atoms with van der Waals surface area (Å²) >= 11 is 0. The molecular weight excluding hydrogens is 336 g/mol. The van der Waals surface area contributed by atoms with Crippen molar-refractivity contribution in [3.63, 3.8) is 0 Å². The summed E-state index contributed by atoms with van der Waals surface area (Å²) in [5.41, 5.74) is -0.456. The molecular formula is C18H24N4O4. The first kappa shape index (κ1) is 18.2. The predicted molar refractivity (Wildman–Crippen MR) is 98.4 cm³/mol. The highest BCUT2D eigenvalue weighted by atomic mass is 16.6. The molecule has 1 amide bonds. The maximum atomic E-state index is 12.4. The first-order valence-corrected chi connectivity index (χ1v) is 8.97. The van der Waals surface area contributed by atoms with Crippen LogP contribution >= 0.6 is 0 Å². The minimum absolute atomic E-state index is 0.195. The quantitative estimate of drug-likeness (QED) is 0.826. The molecule has 0 aliphatic carbocycles. The first-order valence-electron chi connectivity index (χ1n) is 8.97. The molecule has 140 valence electrons. The Hall–Kier alpha value is -2.61. The number of piperidine rings is 1. The second-order valence-electron chi connectivity index (χ2n) is 6.36. The van der Waals surface area contributed by atoms with Gasteiger partial charge in [-0.05, 0) is 31.9 Å². The zero-order valence-electron chi connectivity index (χ0n) is 14.9. The van der Waals surface area contributed by atoms with Gasteiger partial charge >= 0.3 is 6.09 Å². The third-order valence-electron chi connectivity index (χ3n) is 4.67. The molecule has 1 fully saturated rings. The third kappa shape index (κ3) is 3.96. The summed E-state index contributed by atoms with van der Waals surface area (Å²) in [6.45, 7) is 4.45. The number of aromatic nitrogens is 2. The van der Waals surface area contributed by atoms with Crippen molar-refractivity contribution in [2.24, 2.45) is 0 Å². The van der Waals surface area contributed by atoms with Crippen LogP contribution in [-0.2, 0) is 11.3 Å². The van der Waals surface area contributed by atoms with Crippen LogP contribution in [0.4, 0.5) is 4.79 Å². The number of carbonyl (C=O) groups is 1. The highest BCUT2D eigenvalue weighted by Crippen LogP contribution is 2.11. The summed E-state index contributed by atoms with van der Waals surface area (Å²) in [6, 6.07) is 7.09. The van der Waals surface area contributed by atoms with Crippen LogP contribution in [-0.4, -0.2) is 53.1 Å². The fourth-order valence-corrected chi connectivity index (χ4v) is 3.27. The van der Waals surface area contributed by atoms with E-state index < -0.39 is 0 Å². The minimum atomic E-state index is -0.261. The predicted octanol–water partition coefficient (Wildman–Crippen LogP) is 0.900. The van der Waals surface area contributed by atoms with Crippen LogP contribution in [0.3, 0.4) is 0 Å². The van der Waals surface area contributed by atoms with Crippen molar-refractivity contribution in [1.29, 1.82) is 0 Å². The maximum absolute atomic E-state index is 12.4. The largest absolute Gasteiger partial charge is 0.450 e. The second kappa shape index (κ2) is 8.18. The van der Waals surface area contributed by atoms with Crippen LogP contribution in [0, 0.1) is 0 Å². The van der Waals surface area contributed by atoms with E-state index in [0.29, 0.717) is 43.6 Å². The smallest absolute Gasteiger partial charge is 0.409 e. The van der Waals surface area contributed by atoms with Crippen molar-refractivity contribution in [3.8, 4) is 0 Å². The molecule has 8 nitrogen and oxygen atoms in total. The molecule has 2 N–H and O–H groups in total. The van der Waals surface area contributed by atoms with Gasteiger partial charge in [0, 0.05) is 25.7 Å². The molecule has 0 unspecified atom stereocenters. The summed E-state index contributed by atoms with van der Waals surface area (Å²) < 4.78 is 6.36. The van der Waals surface area contributed by atoms with Crippen molar-refractivity contribution in [3.05, 3.63) is 45.0 Å². The second-order valence-corrected chi connectivity index (χ2v) is 6.36. The van der Waals surface area contributed by atoms with E-state index in [4.69, 9.17) is 4.74 Å². The molecule has 2 heterocycles. The number of nitrogens with zero attached hydrogens (tertiary/aromatic N) is 2. The topological polar surface area (TPSA) is 96.4 Å². The number of likely N-dealkylation sites (tertiary alicyclic amines) is 1. The van der Waals surface area contributed by atoms with Crippen LogP contribution < -0.4 is 16.4 Å². The number of ether oxygens (including phenoxy) is 1. The van der Waals surface area contributed by atoms with Gasteiger partial charge in [-0.3, -0.25) is 14.7 Å². The molecule has 0 radical (unpaired) electrons. The minimum Gasteiger partial charge on any atom is -0.450 e. The zero-order chi connectivity index (χ0) is 18.5. The van der Waals surface area contributed by atoms with Crippen molar-refractivity contribution in [1.82, 2.24) is 20.0 Å². The average molecular weight is 360 g/mol. The standard InChI is InChI=1S/C18H24N4O4/c1-2-26-18(25)21-10-7-13(8-11-21)19-9-12-22-17(24)15-6-4-3-5-14(15)16(23)20-22/h3-6,13,19H,2,7-12H2,1H3,(H,20,23). The number of benzene rings is 1. The molecule has 26 heavy (non-hydrogen) atoms. The lowest BCUT2D eigenvalue weighted by Crippen LogP contribution is -2.46. The summed E-state index contributed by atoms with van der Waals surface area (Å²) in [5, 5.41) is 6.87. The van der Waals surface area contributed by atoms with Crippen molar-refractivity contribution >= 4 is 16.9 Å². The van der Waals surface area contributed by atoms with Crippen LogP contribution in [0.1, 0.15) is 19.8 Å². The average Bonchev–Trinajstić information content (AvgIpc) is 2.66. The van der Waals surface area contributed by atoms with Gasteiger partial charge in [-0.2, -0.15) is 0 Å². The van der Waals surface area contributed by atoms with E-state index in [1.807, 2.05) is 0 Å². The third-order valence-corrected chi connectivity index (χ3v) is 4.67. The van der Waals surface area contributed by atoms with Gasteiger partial charge in [-0.25, -0.2) is 9.48 Å². The number of aromatic amines is 1. The Balaban J connectivity index is 1.54. The molecule has 0 saturated carbocycles. The fourth-order valence-electron chi connectivity index (χ4n) is 3.27. The fraction of sp³-hybridized carbons (Fsp3) is 0.500. The van der Waals surface area contributed by atoms with Gasteiger partial charge in [0.25, 0.3) is 11.1 Å². The highest BCUT2D eigenvalue weighted by Gasteiger charge is 2.23. The van der Waals surface area contributed by atoms with Gasteiger partial charge in [0.2, 0.25) is 0 Å². The SMILES string of the molecule is CCOC(=O)N1CCC(NCCn2[nH]c(=O)c3ccccc3c2=O)CC1. The van der Waals surface area contributed by atoms with E-state index in [0.717, 1.165) is 12.8 Å². The molecule has 1 aliphatic heterocycles. The number of hydrogen-bond acceptors (Lipinski definition) is 5. The molecule has 0 atom stereocenters. The van der Waals surface area contributed by atoms with Gasteiger partial charge in [0.15, 0.2) is 0 Å². The number of hydrogen-bond donors (Lipinski definition) is 2. The van der Waals surface area contributed by atoms with Gasteiger partial charge in [0.1, 0.15) is 0 Å².